The van der Waals surface area contributed by atoms with Crippen LogP contribution in [0.4, 0.5) is 0 Å². The van der Waals surface area contributed by atoms with Crippen LogP contribution < -0.4 is 0 Å². The Bertz CT molecular complexity index is 675. The molecule has 1 saturated heterocycles. The van der Waals surface area contributed by atoms with Gasteiger partial charge in [-0.1, -0.05) is 31.8 Å². The van der Waals surface area contributed by atoms with Crippen LogP contribution in [0.3, 0.4) is 0 Å². The maximum absolute atomic E-state index is 5.95. The number of nitrogens with zero attached hydrogens (tertiary/aromatic N) is 2. The molecule has 2 aromatic rings. The Labute approximate surface area is 151 Å². The highest BCUT2D eigenvalue weighted by molar-refractivity contribution is 6.76. The molecule has 1 atom stereocenters. The first-order chi connectivity index (χ1) is 12.0. The van der Waals surface area contributed by atoms with Crippen molar-refractivity contribution in [3.05, 3.63) is 30.1 Å². The first-order valence-corrected chi connectivity index (χ1v) is 12.9. The second-order valence-electron chi connectivity index (χ2n) is 7.82. The van der Waals surface area contributed by atoms with Gasteiger partial charge in [0.1, 0.15) is 19.2 Å². The van der Waals surface area contributed by atoms with Crippen LogP contribution in [-0.2, 0) is 27.5 Å². The molecule has 0 aliphatic carbocycles. The lowest BCUT2D eigenvalue weighted by atomic mass is 10.2. The third-order valence-corrected chi connectivity index (χ3v) is 6.11. The number of hydrogen-bond donors (Lipinski definition) is 0. The molecule has 0 bridgehead atoms. The van der Waals surface area contributed by atoms with E-state index >= 15 is 0 Å². The molecule has 1 radical (unpaired) electrons. The van der Waals surface area contributed by atoms with Crippen LogP contribution in [0, 0.1) is 6.07 Å². The normalized spacial score (nSPS) is 18.8. The summed E-state index contributed by atoms with van der Waals surface area (Å²) >= 11 is 0. The lowest BCUT2D eigenvalue weighted by Crippen LogP contribution is -2.23. The number of hydrogen-bond acceptors (Lipinski definition) is 4. The van der Waals surface area contributed by atoms with Gasteiger partial charge in [0.2, 0.25) is 0 Å². The van der Waals surface area contributed by atoms with Gasteiger partial charge < -0.3 is 18.8 Å². The highest BCUT2D eigenvalue weighted by Crippen LogP contribution is 2.20. The number of para-hydroxylation sites is 1. The van der Waals surface area contributed by atoms with Crippen molar-refractivity contribution in [1.29, 1.82) is 0 Å². The van der Waals surface area contributed by atoms with E-state index in [1.54, 1.807) is 0 Å². The third kappa shape index (κ3) is 5.38. The van der Waals surface area contributed by atoms with Gasteiger partial charge in [0.25, 0.3) is 0 Å². The zero-order chi connectivity index (χ0) is 17.7. The van der Waals surface area contributed by atoms with Gasteiger partial charge in [-0.25, -0.2) is 4.98 Å². The van der Waals surface area contributed by atoms with Crippen molar-refractivity contribution in [3.8, 4) is 0 Å². The molecule has 3 rings (SSSR count). The van der Waals surface area contributed by atoms with Crippen LogP contribution in [0.2, 0.25) is 25.7 Å². The third-order valence-electron chi connectivity index (χ3n) is 4.41. The van der Waals surface area contributed by atoms with Gasteiger partial charge in [0, 0.05) is 27.4 Å². The maximum Gasteiger partial charge on any atom is 0.158 e. The summed E-state index contributed by atoms with van der Waals surface area (Å²) in [6.07, 6.45) is 3.13. The number of ether oxygens (including phenoxy) is 3. The average Bonchev–Trinajstić information content (AvgIpc) is 2.95. The summed E-state index contributed by atoms with van der Waals surface area (Å²) in [5, 5.41) is 0. The lowest BCUT2D eigenvalue weighted by Gasteiger charge is -2.22. The molecule has 0 amide bonds. The van der Waals surface area contributed by atoms with Crippen molar-refractivity contribution >= 4 is 19.1 Å². The molecule has 1 aliphatic heterocycles. The van der Waals surface area contributed by atoms with E-state index in [4.69, 9.17) is 14.2 Å². The van der Waals surface area contributed by atoms with Crippen molar-refractivity contribution in [1.82, 2.24) is 9.55 Å². The molecule has 0 saturated carbocycles. The fraction of sp³-hybridized carbons (Fsp3) is 0.632. The van der Waals surface area contributed by atoms with Gasteiger partial charge in [-0.3, -0.25) is 0 Å². The van der Waals surface area contributed by atoms with Gasteiger partial charge in [0.15, 0.2) is 6.29 Å². The zero-order valence-corrected chi connectivity index (χ0v) is 16.6. The number of fused-ring (bicyclic) bond motifs is 1. The van der Waals surface area contributed by atoms with E-state index < -0.39 is 8.07 Å². The Kier molecular flexibility index (Phi) is 6.27. The molecule has 25 heavy (non-hydrogen) atoms. The number of rotatable bonds is 8. The fourth-order valence-corrected chi connectivity index (χ4v) is 3.61. The van der Waals surface area contributed by atoms with Crippen LogP contribution >= 0.6 is 0 Å². The molecule has 1 fully saturated rings. The monoisotopic (exact) mass is 361 g/mol. The molecule has 6 heteroatoms. The Morgan fingerprint density at radius 2 is 2.24 bits per heavy atom. The van der Waals surface area contributed by atoms with Crippen LogP contribution in [0.25, 0.3) is 11.0 Å². The quantitative estimate of drug-likeness (QED) is 0.522. The summed E-state index contributed by atoms with van der Waals surface area (Å²) in [5.41, 5.74) is 1.90. The number of benzene rings is 1. The maximum atomic E-state index is 5.95. The summed E-state index contributed by atoms with van der Waals surface area (Å²) in [7, 11) is -1.08. The first-order valence-electron chi connectivity index (χ1n) is 9.20. The summed E-state index contributed by atoms with van der Waals surface area (Å²) in [5.74, 6) is 0.875. The molecule has 0 N–H and O–H groups in total. The molecule has 1 aromatic carbocycles. The van der Waals surface area contributed by atoms with E-state index in [2.05, 4.69) is 41.3 Å². The van der Waals surface area contributed by atoms with Crippen molar-refractivity contribution in [3.63, 3.8) is 0 Å². The van der Waals surface area contributed by atoms with Crippen LogP contribution in [0.15, 0.2) is 18.2 Å². The predicted octanol–water partition coefficient (Wildman–Crippen LogP) is 4.19. The Balaban J connectivity index is 1.66. The van der Waals surface area contributed by atoms with E-state index in [0.29, 0.717) is 13.3 Å². The predicted molar refractivity (Wildman–Crippen MR) is 101 cm³/mol. The van der Waals surface area contributed by atoms with Gasteiger partial charge in [-0.15, -0.1) is 0 Å². The van der Waals surface area contributed by atoms with Gasteiger partial charge in [-0.2, -0.15) is 0 Å². The summed E-state index contributed by atoms with van der Waals surface area (Å²) in [6.45, 7) is 9.60. The summed E-state index contributed by atoms with van der Waals surface area (Å²) < 4.78 is 19.6. The standard InChI is InChI=1S/C19H29N2O3Si/c1-25(2,3)13-12-22-15-21-17-9-5-4-8-16(17)20-18(21)14-24-19-10-6-7-11-23-19/h4-5,9,19H,6-7,10-15H2,1-3H3. The molecule has 2 heterocycles. The molecule has 137 valence electrons. The smallest absolute Gasteiger partial charge is 0.158 e. The van der Waals surface area contributed by atoms with Crippen LogP contribution in [-0.4, -0.2) is 37.1 Å². The Hall–Kier alpha value is -1.21. The minimum absolute atomic E-state index is 0.112. The van der Waals surface area contributed by atoms with Gasteiger partial charge in [-0.05, 0) is 31.4 Å². The van der Waals surface area contributed by atoms with Crippen molar-refractivity contribution in [2.45, 2.75) is 64.6 Å². The minimum Gasteiger partial charge on any atom is -0.361 e. The molecule has 1 aliphatic rings. The second kappa shape index (κ2) is 8.45. The molecular weight excluding hydrogens is 332 g/mol. The largest absolute Gasteiger partial charge is 0.361 e. The van der Waals surface area contributed by atoms with Gasteiger partial charge >= 0.3 is 0 Å². The first kappa shape index (κ1) is 18.6. The van der Waals surface area contributed by atoms with E-state index in [9.17, 15) is 0 Å². The van der Waals surface area contributed by atoms with E-state index in [0.717, 1.165) is 55.4 Å². The molecular formula is C19H29N2O3Si. The highest BCUT2D eigenvalue weighted by atomic mass is 28.3. The van der Waals surface area contributed by atoms with E-state index in [1.807, 2.05) is 12.1 Å². The Morgan fingerprint density at radius 3 is 3.00 bits per heavy atom. The van der Waals surface area contributed by atoms with E-state index in [1.165, 1.54) is 0 Å². The molecule has 1 unspecified atom stereocenters. The van der Waals surface area contributed by atoms with Crippen molar-refractivity contribution < 1.29 is 14.2 Å². The van der Waals surface area contributed by atoms with E-state index in [-0.39, 0.29) is 6.29 Å². The topological polar surface area (TPSA) is 45.5 Å². The number of imidazole rings is 1. The highest BCUT2D eigenvalue weighted by Gasteiger charge is 2.17. The fourth-order valence-electron chi connectivity index (χ4n) is 2.85. The van der Waals surface area contributed by atoms with Gasteiger partial charge in [0.05, 0.1) is 11.0 Å². The second-order valence-corrected chi connectivity index (χ2v) is 13.4. The van der Waals surface area contributed by atoms with Crippen LogP contribution in [0.5, 0.6) is 0 Å². The summed E-state index contributed by atoms with van der Waals surface area (Å²) in [4.78, 5) is 4.68. The van der Waals surface area contributed by atoms with Crippen molar-refractivity contribution in [2.75, 3.05) is 13.2 Å². The number of aromatic nitrogens is 2. The lowest BCUT2D eigenvalue weighted by molar-refractivity contribution is -0.170. The van der Waals surface area contributed by atoms with Crippen molar-refractivity contribution in [2.24, 2.45) is 0 Å². The molecule has 5 nitrogen and oxygen atoms in total. The Morgan fingerprint density at radius 1 is 1.36 bits per heavy atom. The SMILES string of the molecule is C[Si](C)(C)CCOCn1c(COC2CCCCO2)nc2[c]cccc21. The summed E-state index contributed by atoms with van der Waals surface area (Å²) in [6, 6.07) is 10.3. The minimum atomic E-state index is -1.08. The molecule has 1 aromatic heterocycles. The van der Waals surface area contributed by atoms with Crippen LogP contribution in [0.1, 0.15) is 25.1 Å². The average molecular weight is 362 g/mol. The molecule has 0 spiro atoms. The zero-order valence-electron chi connectivity index (χ0n) is 15.6.